The summed E-state index contributed by atoms with van der Waals surface area (Å²) in [7, 11) is -2.56. The van der Waals surface area contributed by atoms with Crippen molar-refractivity contribution in [3.63, 3.8) is 0 Å². The summed E-state index contributed by atoms with van der Waals surface area (Å²) in [6.45, 7) is 1.35. The van der Waals surface area contributed by atoms with Crippen molar-refractivity contribution in [1.82, 2.24) is 19.5 Å². The van der Waals surface area contributed by atoms with Crippen LogP contribution in [0.25, 0.3) is 22.7 Å². The molecule has 0 fully saturated rings. The van der Waals surface area contributed by atoms with Crippen LogP contribution in [0.1, 0.15) is 12.5 Å². The predicted molar refractivity (Wildman–Crippen MR) is 89.4 cm³/mol. The number of rotatable bonds is 4. The van der Waals surface area contributed by atoms with Gasteiger partial charge in [-0.3, -0.25) is 0 Å². The molecule has 29 heavy (non-hydrogen) atoms. The number of hydrogen-bond donors (Lipinski definition) is 0. The average Bonchev–Trinajstić information content (AvgIpc) is 2.96. The third-order valence-electron chi connectivity index (χ3n) is 4.18. The summed E-state index contributed by atoms with van der Waals surface area (Å²) in [6.07, 6.45) is -5.49. The quantitative estimate of drug-likeness (QED) is 0.459. The van der Waals surface area contributed by atoms with Gasteiger partial charge in [0.2, 0.25) is 5.95 Å². The fourth-order valence-corrected chi connectivity index (χ4v) is 3.63. The molecule has 0 saturated heterocycles. The van der Waals surface area contributed by atoms with Crippen molar-refractivity contribution in [3.8, 4) is 11.5 Å². The fraction of sp³-hybridized carbons (Fsp3) is 0.312. The normalized spacial score (nSPS) is 13.2. The molecule has 0 unspecified atom stereocenters. The fourth-order valence-electron chi connectivity index (χ4n) is 2.61. The number of alkyl halides is 5. The molecule has 0 spiro atoms. The van der Waals surface area contributed by atoms with Gasteiger partial charge >= 0.3 is 12.1 Å². The van der Waals surface area contributed by atoms with E-state index in [-0.39, 0.29) is 27.6 Å². The Labute approximate surface area is 160 Å². The number of hydrogen-bond acceptors (Lipinski definition) is 5. The molecule has 0 aliphatic heterocycles. The van der Waals surface area contributed by atoms with E-state index in [1.165, 1.54) is 14.0 Å². The molecule has 0 amide bonds. The first-order valence-corrected chi connectivity index (χ1v) is 9.62. The molecule has 6 nitrogen and oxygen atoms in total. The number of sulfone groups is 1. The highest BCUT2D eigenvalue weighted by molar-refractivity contribution is 7.91. The van der Waals surface area contributed by atoms with Crippen molar-refractivity contribution < 1.29 is 34.8 Å². The van der Waals surface area contributed by atoms with E-state index >= 15 is 0 Å². The van der Waals surface area contributed by atoms with Gasteiger partial charge in [-0.1, -0.05) is 6.92 Å². The molecule has 3 heterocycles. The maximum absolute atomic E-state index is 13.7. The van der Waals surface area contributed by atoms with Gasteiger partial charge in [0.05, 0.1) is 16.2 Å². The Morgan fingerprint density at radius 1 is 1.10 bits per heavy atom. The van der Waals surface area contributed by atoms with Crippen molar-refractivity contribution >= 4 is 21.0 Å². The Hall–Kier alpha value is -2.70. The zero-order valence-corrected chi connectivity index (χ0v) is 15.6. The van der Waals surface area contributed by atoms with E-state index in [1.807, 2.05) is 0 Å². The van der Waals surface area contributed by atoms with E-state index in [9.17, 15) is 34.8 Å². The molecule has 3 rings (SSSR count). The molecule has 0 saturated carbocycles. The van der Waals surface area contributed by atoms with Crippen LogP contribution in [-0.2, 0) is 22.8 Å². The van der Waals surface area contributed by atoms with Crippen LogP contribution in [-0.4, -0.2) is 39.9 Å². The zero-order valence-electron chi connectivity index (χ0n) is 14.8. The van der Waals surface area contributed by atoms with Crippen LogP contribution < -0.4 is 0 Å². The van der Waals surface area contributed by atoms with Gasteiger partial charge in [-0.25, -0.2) is 23.4 Å². The Morgan fingerprint density at radius 3 is 2.34 bits per heavy atom. The van der Waals surface area contributed by atoms with E-state index in [1.54, 1.807) is 0 Å². The number of aromatic nitrogens is 4. The smallest absolute Gasteiger partial charge is 0.310 e. The summed E-state index contributed by atoms with van der Waals surface area (Å²) in [5.41, 5.74) is -2.32. The van der Waals surface area contributed by atoms with Crippen LogP contribution in [0.2, 0.25) is 0 Å². The molecule has 0 aliphatic rings. The average molecular weight is 438 g/mol. The first-order chi connectivity index (χ1) is 13.3. The maximum Gasteiger partial charge on any atom is 0.458 e. The highest BCUT2D eigenvalue weighted by Gasteiger charge is 2.59. The third kappa shape index (κ3) is 3.43. The van der Waals surface area contributed by atoms with Crippen LogP contribution in [0.5, 0.6) is 0 Å². The van der Waals surface area contributed by atoms with E-state index in [2.05, 4.69) is 15.0 Å². The van der Waals surface area contributed by atoms with Gasteiger partial charge in [-0.2, -0.15) is 26.3 Å². The summed E-state index contributed by atoms with van der Waals surface area (Å²) in [4.78, 5) is 10.7. The van der Waals surface area contributed by atoms with Crippen LogP contribution in [0.3, 0.4) is 0 Å². The molecule has 0 N–H and O–H groups in total. The molecule has 0 bridgehead atoms. The van der Waals surface area contributed by atoms with E-state index in [4.69, 9.17) is 0 Å². The van der Waals surface area contributed by atoms with Crippen molar-refractivity contribution in [2.45, 2.75) is 23.9 Å². The molecule has 3 aromatic heterocycles. The van der Waals surface area contributed by atoms with E-state index in [0.717, 1.165) is 16.7 Å². The molecule has 0 atom stereocenters. The summed E-state index contributed by atoms with van der Waals surface area (Å²) in [6, 6.07) is 2.30. The van der Waals surface area contributed by atoms with Crippen molar-refractivity contribution in [1.29, 1.82) is 0 Å². The van der Waals surface area contributed by atoms with Crippen LogP contribution in [0, 0.1) is 5.95 Å². The highest BCUT2D eigenvalue weighted by atomic mass is 32.2. The van der Waals surface area contributed by atoms with Crippen LogP contribution >= 0.6 is 0 Å². The Morgan fingerprint density at radius 2 is 1.76 bits per heavy atom. The Bertz CT molecular complexity index is 1200. The zero-order chi connectivity index (χ0) is 21.8. The SMILES string of the molecule is CCS(=O)(=O)c1ccc(F)nc1-c1nc2cc(C(F)(F)C(F)(F)F)cnc2n1C. The van der Waals surface area contributed by atoms with Gasteiger partial charge in [0.1, 0.15) is 11.2 Å². The summed E-state index contributed by atoms with van der Waals surface area (Å²) in [5, 5.41) is 0. The lowest BCUT2D eigenvalue weighted by Gasteiger charge is -2.19. The molecule has 156 valence electrons. The second kappa shape index (κ2) is 6.68. The summed E-state index contributed by atoms with van der Waals surface area (Å²) < 4.78 is 104. The predicted octanol–water partition coefficient (Wildman–Crippen LogP) is 3.62. The van der Waals surface area contributed by atoms with Gasteiger partial charge in [0.25, 0.3) is 0 Å². The number of nitrogens with zero attached hydrogens (tertiary/aromatic N) is 4. The first-order valence-electron chi connectivity index (χ1n) is 7.96. The lowest BCUT2D eigenvalue weighted by atomic mass is 10.1. The Balaban J connectivity index is 2.27. The van der Waals surface area contributed by atoms with Gasteiger partial charge in [-0.05, 0) is 18.2 Å². The van der Waals surface area contributed by atoms with Crippen molar-refractivity contribution in [3.05, 3.63) is 35.9 Å². The minimum Gasteiger partial charge on any atom is -0.310 e. The second-order valence-corrected chi connectivity index (χ2v) is 8.26. The first kappa shape index (κ1) is 21.0. The molecule has 13 heteroatoms. The van der Waals surface area contributed by atoms with Crippen LogP contribution in [0.15, 0.2) is 29.3 Å². The maximum atomic E-state index is 13.7. The van der Waals surface area contributed by atoms with Crippen molar-refractivity contribution in [2.75, 3.05) is 5.75 Å². The minimum atomic E-state index is -5.84. The van der Waals surface area contributed by atoms with Gasteiger partial charge < -0.3 is 4.57 Å². The molecule has 0 aromatic carbocycles. The number of halogens is 6. The third-order valence-corrected chi connectivity index (χ3v) is 5.94. The molecule has 3 aromatic rings. The number of aryl methyl sites for hydroxylation is 1. The van der Waals surface area contributed by atoms with Crippen LogP contribution in [0.4, 0.5) is 26.3 Å². The number of imidazole rings is 1. The van der Waals surface area contributed by atoms with E-state index < -0.39 is 39.1 Å². The number of fused-ring (bicyclic) bond motifs is 1. The monoisotopic (exact) mass is 438 g/mol. The van der Waals surface area contributed by atoms with E-state index in [0.29, 0.717) is 12.3 Å². The number of pyridine rings is 2. The second-order valence-electron chi connectivity index (χ2n) is 6.02. The molecular weight excluding hydrogens is 426 g/mol. The van der Waals surface area contributed by atoms with Gasteiger partial charge in [0, 0.05) is 13.2 Å². The highest BCUT2D eigenvalue weighted by Crippen LogP contribution is 2.44. The Kier molecular flexibility index (Phi) is 4.84. The molecule has 0 aliphatic carbocycles. The van der Waals surface area contributed by atoms with Crippen molar-refractivity contribution in [2.24, 2.45) is 7.05 Å². The van der Waals surface area contributed by atoms with Gasteiger partial charge in [-0.15, -0.1) is 0 Å². The van der Waals surface area contributed by atoms with Gasteiger partial charge in [0.15, 0.2) is 21.3 Å². The molecular formula is C16H12F6N4O2S. The largest absolute Gasteiger partial charge is 0.458 e. The lowest BCUT2D eigenvalue weighted by Crippen LogP contribution is -2.33. The summed E-state index contributed by atoms with van der Waals surface area (Å²) >= 11 is 0. The lowest BCUT2D eigenvalue weighted by molar-refractivity contribution is -0.289. The molecule has 0 radical (unpaired) electrons. The summed E-state index contributed by atoms with van der Waals surface area (Å²) in [5.74, 6) is -6.79. The standard InChI is InChI=1S/C16H12F6N4O2S/c1-3-29(27,28)10-4-5-11(17)25-12(10)14-24-9-6-8(7-23-13(9)26(14)2)15(18,19)16(20,21)22/h4-7H,3H2,1-2H3. The minimum absolute atomic E-state index is 0.118. The topological polar surface area (TPSA) is 77.7 Å².